The Morgan fingerprint density at radius 1 is 0.950 bits per heavy atom. The Hall–Kier alpha value is -2.99. The van der Waals surface area contributed by atoms with Crippen LogP contribution in [0.25, 0.3) is 0 Å². The van der Waals surface area contributed by atoms with Crippen LogP contribution in [-0.2, 0) is 26.2 Å². The maximum Gasteiger partial charge on any atom is 0.264 e. The van der Waals surface area contributed by atoms with E-state index in [2.05, 4.69) is 27.9 Å². The van der Waals surface area contributed by atoms with Crippen molar-refractivity contribution < 1.29 is 22.4 Å². The van der Waals surface area contributed by atoms with E-state index < -0.39 is 34.3 Å². The molecule has 212 valence electrons. The van der Waals surface area contributed by atoms with Crippen LogP contribution in [0.4, 0.5) is 10.1 Å². The van der Waals surface area contributed by atoms with Crippen LogP contribution in [-0.4, -0.2) is 43.8 Å². The molecule has 0 bridgehead atoms. The van der Waals surface area contributed by atoms with Crippen molar-refractivity contribution in [2.24, 2.45) is 0 Å². The molecule has 0 aromatic heterocycles. The maximum atomic E-state index is 13.9. The van der Waals surface area contributed by atoms with Gasteiger partial charge in [-0.15, -0.1) is 0 Å². The summed E-state index contributed by atoms with van der Waals surface area (Å²) in [6.07, 6.45) is 5.00. The van der Waals surface area contributed by atoms with Gasteiger partial charge in [-0.1, -0.05) is 49.6 Å². The van der Waals surface area contributed by atoms with Crippen LogP contribution in [0.15, 0.2) is 83.8 Å². The lowest BCUT2D eigenvalue weighted by Crippen LogP contribution is -2.53. The number of benzene rings is 3. The molecule has 40 heavy (non-hydrogen) atoms. The number of sulfonamides is 1. The standard InChI is InChI=1S/C30H33FIN3O4S/c1-22(30(37)33-26-8-4-2-5-9-26)34(20-23-12-14-24(31)15-13-23)29(36)21-35(27-18-16-25(32)17-19-27)40(38,39)28-10-6-3-7-11-28/h3,6-7,10-19,22,26H,2,4-5,8-9,20-21H2,1H3,(H,33,37). The Balaban J connectivity index is 1.65. The maximum absolute atomic E-state index is 13.9. The fourth-order valence-electron chi connectivity index (χ4n) is 4.79. The van der Waals surface area contributed by atoms with Crippen LogP contribution in [0.1, 0.15) is 44.6 Å². The quantitative estimate of drug-likeness (QED) is 0.288. The molecule has 1 saturated carbocycles. The number of anilines is 1. The van der Waals surface area contributed by atoms with Crippen LogP contribution in [0, 0.1) is 9.39 Å². The van der Waals surface area contributed by atoms with Crippen molar-refractivity contribution >= 4 is 50.1 Å². The van der Waals surface area contributed by atoms with Gasteiger partial charge in [0.15, 0.2) is 0 Å². The molecule has 0 radical (unpaired) electrons. The van der Waals surface area contributed by atoms with Gasteiger partial charge in [-0.2, -0.15) is 0 Å². The zero-order valence-electron chi connectivity index (χ0n) is 22.3. The van der Waals surface area contributed by atoms with Gasteiger partial charge in [0.2, 0.25) is 11.8 Å². The van der Waals surface area contributed by atoms with Crippen molar-refractivity contribution in [1.29, 1.82) is 0 Å². The van der Waals surface area contributed by atoms with Crippen molar-refractivity contribution in [3.63, 3.8) is 0 Å². The molecule has 0 aliphatic heterocycles. The summed E-state index contributed by atoms with van der Waals surface area (Å²) in [5.41, 5.74) is 0.956. The molecule has 3 aromatic rings. The number of hydrogen-bond acceptors (Lipinski definition) is 4. The topological polar surface area (TPSA) is 86.8 Å². The fraction of sp³-hybridized carbons (Fsp3) is 0.333. The minimum Gasteiger partial charge on any atom is -0.352 e. The zero-order valence-corrected chi connectivity index (χ0v) is 25.3. The SMILES string of the molecule is CC(C(=O)NC1CCCCC1)N(Cc1ccc(F)cc1)C(=O)CN(c1ccc(I)cc1)S(=O)(=O)c1ccccc1. The smallest absolute Gasteiger partial charge is 0.264 e. The van der Waals surface area contributed by atoms with E-state index in [4.69, 9.17) is 0 Å². The van der Waals surface area contributed by atoms with Crippen LogP contribution >= 0.6 is 22.6 Å². The van der Waals surface area contributed by atoms with Gasteiger partial charge in [0, 0.05) is 16.2 Å². The lowest BCUT2D eigenvalue weighted by Gasteiger charge is -2.33. The average Bonchev–Trinajstić information content (AvgIpc) is 2.96. The van der Waals surface area contributed by atoms with E-state index in [1.807, 2.05) is 0 Å². The molecule has 2 amide bonds. The highest BCUT2D eigenvalue weighted by molar-refractivity contribution is 14.1. The van der Waals surface area contributed by atoms with Gasteiger partial charge in [-0.3, -0.25) is 13.9 Å². The predicted octanol–water partition coefficient (Wildman–Crippen LogP) is 5.49. The number of rotatable bonds is 10. The minimum absolute atomic E-state index is 0.0181. The second kappa shape index (κ2) is 13.6. The van der Waals surface area contributed by atoms with Crippen molar-refractivity contribution in [1.82, 2.24) is 10.2 Å². The third-order valence-corrected chi connectivity index (χ3v) is 9.62. The van der Waals surface area contributed by atoms with Gasteiger partial charge in [-0.05, 0) is 96.5 Å². The molecular formula is C30H33FIN3O4S. The molecule has 7 nitrogen and oxygen atoms in total. The van der Waals surface area contributed by atoms with E-state index in [1.54, 1.807) is 61.5 Å². The Kier molecular flexibility index (Phi) is 10.2. The first-order valence-electron chi connectivity index (χ1n) is 13.3. The summed E-state index contributed by atoms with van der Waals surface area (Å²) in [5.74, 6) is -1.26. The number of carbonyl (C=O) groups is 2. The first-order chi connectivity index (χ1) is 19.1. The minimum atomic E-state index is -4.11. The van der Waals surface area contributed by atoms with E-state index in [0.717, 1.165) is 40.0 Å². The fourth-order valence-corrected chi connectivity index (χ4v) is 6.59. The van der Waals surface area contributed by atoms with E-state index in [-0.39, 0.29) is 23.4 Å². The monoisotopic (exact) mass is 677 g/mol. The molecule has 0 saturated heterocycles. The molecule has 1 aliphatic carbocycles. The molecule has 0 heterocycles. The third-order valence-electron chi connectivity index (χ3n) is 7.11. The molecule has 1 unspecified atom stereocenters. The molecule has 3 aromatic carbocycles. The van der Waals surface area contributed by atoms with Crippen molar-refractivity contribution in [3.05, 3.63) is 93.8 Å². The van der Waals surface area contributed by atoms with Crippen molar-refractivity contribution in [2.75, 3.05) is 10.8 Å². The second-order valence-corrected chi connectivity index (χ2v) is 13.1. The van der Waals surface area contributed by atoms with Crippen LogP contribution in [0.2, 0.25) is 0 Å². The molecule has 1 N–H and O–H groups in total. The van der Waals surface area contributed by atoms with Gasteiger partial charge in [0.05, 0.1) is 10.6 Å². The molecule has 10 heteroatoms. The normalized spacial score (nSPS) is 14.8. The summed E-state index contributed by atoms with van der Waals surface area (Å²) in [7, 11) is -4.11. The molecule has 0 spiro atoms. The van der Waals surface area contributed by atoms with Gasteiger partial charge in [-0.25, -0.2) is 12.8 Å². The van der Waals surface area contributed by atoms with Crippen molar-refractivity contribution in [2.45, 2.75) is 62.6 Å². The Labute approximate surface area is 248 Å². The lowest BCUT2D eigenvalue weighted by molar-refractivity contribution is -0.139. The number of hydrogen-bond donors (Lipinski definition) is 1. The van der Waals surface area contributed by atoms with E-state index in [1.165, 1.54) is 29.2 Å². The first kappa shape index (κ1) is 30.0. The lowest BCUT2D eigenvalue weighted by atomic mass is 9.95. The van der Waals surface area contributed by atoms with E-state index in [0.29, 0.717) is 11.3 Å². The molecule has 1 fully saturated rings. The number of amides is 2. The van der Waals surface area contributed by atoms with Gasteiger partial charge >= 0.3 is 0 Å². The average molecular weight is 678 g/mol. The van der Waals surface area contributed by atoms with Gasteiger partial charge in [0.25, 0.3) is 10.0 Å². The summed E-state index contributed by atoms with van der Waals surface area (Å²) in [6.45, 7) is 1.14. The van der Waals surface area contributed by atoms with Crippen molar-refractivity contribution in [3.8, 4) is 0 Å². The van der Waals surface area contributed by atoms with Crippen LogP contribution < -0.4 is 9.62 Å². The van der Waals surface area contributed by atoms with Gasteiger partial charge in [0.1, 0.15) is 18.4 Å². The largest absolute Gasteiger partial charge is 0.352 e. The summed E-state index contributed by atoms with van der Waals surface area (Å²) in [6, 6.07) is 19.6. The molecule has 1 aliphatic rings. The summed E-state index contributed by atoms with van der Waals surface area (Å²) < 4.78 is 43.1. The Morgan fingerprint density at radius 3 is 2.20 bits per heavy atom. The van der Waals surface area contributed by atoms with Gasteiger partial charge < -0.3 is 10.2 Å². The number of nitrogens with one attached hydrogen (secondary N) is 1. The zero-order chi connectivity index (χ0) is 28.7. The number of carbonyl (C=O) groups excluding carboxylic acids is 2. The van der Waals surface area contributed by atoms with Crippen LogP contribution in [0.3, 0.4) is 0 Å². The number of halogens is 2. The predicted molar refractivity (Wildman–Crippen MR) is 162 cm³/mol. The van der Waals surface area contributed by atoms with E-state index in [9.17, 15) is 22.4 Å². The highest BCUT2D eigenvalue weighted by Gasteiger charge is 2.33. The highest BCUT2D eigenvalue weighted by Crippen LogP contribution is 2.25. The first-order valence-corrected chi connectivity index (χ1v) is 15.8. The summed E-state index contributed by atoms with van der Waals surface area (Å²) in [4.78, 5) is 28.7. The Morgan fingerprint density at radius 2 is 1.57 bits per heavy atom. The summed E-state index contributed by atoms with van der Waals surface area (Å²) >= 11 is 2.13. The molecule has 4 rings (SSSR count). The van der Waals surface area contributed by atoms with E-state index >= 15 is 0 Å². The Bertz CT molecular complexity index is 1400. The molecule has 1 atom stereocenters. The number of nitrogens with zero attached hydrogens (tertiary/aromatic N) is 2. The highest BCUT2D eigenvalue weighted by atomic mass is 127. The third kappa shape index (κ3) is 7.60. The second-order valence-electron chi connectivity index (χ2n) is 9.97. The molecular weight excluding hydrogens is 644 g/mol. The summed E-state index contributed by atoms with van der Waals surface area (Å²) in [5, 5.41) is 3.07. The van der Waals surface area contributed by atoms with Crippen LogP contribution in [0.5, 0.6) is 0 Å².